The van der Waals surface area contributed by atoms with Gasteiger partial charge in [-0.2, -0.15) is 4.31 Å². The van der Waals surface area contributed by atoms with Gasteiger partial charge in [-0.1, -0.05) is 18.2 Å². The Hall–Kier alpha value is -3.82. The number of hydrogen-bond donors (Lipinski definition) is 1. The van der Waals surface area contributed by atoms with Gasteiger partial charge in [0.2, 0.25) is 10.0 Å². The van der Waals surface area contributed by atoms with Crippen molar-refractivity contribution >= 4 is 26.9 Å². The number of H-pyrrole nitrogens is 1. The van der Waals surface area contributed by atoms with Gasteiger partial charge in [0.15, 0.2) is 0 Å². The number of aryl methyl sites for hydroxylation is 2. The molecule has 0 bridgehead atoms. The van der Waals surface area contributed by atoms with Crippen molar-refractivity contribution in [3.8, 4) is 0 Å². The summed E-state index contributed by atoms with van der Waals surface area (Å²) in [5, 5.41) is 0.802. The van der Waals surface area contributed by atoms with Crippen LogP contribution in [-0.4, -0.2) is 35.8 Å². The van der Waals surface area contributed by atoms with E-state index in [1.54, 1.807) is 36.7 Å². The van der Waals surface area contributed by atoms with Crippen LogP contribution in [0, 0.1) is 13.8 Å². The Morgan fingerprint density at radius 3 is 2.49 bits per heavy atom. The van der Waals surface area contributed by atoms with Crippen LogP contribution in [0.4, 0.5) is 0 Å². The molecule has 0 radical (unpaired) electrons. The van der Waals surface area contributed by atoms with E-state index in [-0.39, 0.29) is 34.7 Å². The second kappa shape index (κ2) is 9.81. The van der Waals surface area contributed by atoms with Crippen LogP contribution in [0.3, 0.4) is 0 Å². The highest BCUT2D eigenvalue weighted by Gasteiger charge is 2.30. The molecule has 0 aliphatic heterocycles. The van der Waals surface area contributed by atoms with Crippen LogP contribution in [0.2, 0.25) is 0 Å². The predicted molar refractivity (Wildman–Crippen MR) is 132 cm³/mol. The Kier molecular flexibility index (Phi) is 6.81. The van der Waals surface area contributed by atoms with Crippen molar-refractivity contribution in [2.24, 2.45) is 0 Å². The summed E-state index contributed by atoms with van der Waals surface area (Å²) < 4.78 is 33.6. The first-order valence-electron chi connectivity index (χ1n) is 10.9. The van der Waals surface area contributed by atoms with Crippen LogP contribution in [-0.2, 0) is 27.8 Å². The number of carbonyl (C=O) groups is 1. The molecule has 8 nitrogen and oxygen atoms in total. The molecule has 0 atom stereocenters. The zero-order valence-electron chi connectivity index (χ0n) is 19.6. The third-order valence-corrected chi connectivity index (χ3v) is 7.72. The molecule has 1 N–H and O–H groups in total. The number of sulfonamides is 1. The first-order valence-corrected chi connectivity index (χ1v) is 12.3. The van der Waals surface area contributed by atoms with E-state index in [9.17, 15) is 18.0 Å². The third-order valence-electron chi connectivity index (χ3n) is 5.87. The lowest BCUT2D eigenvalue weighted by atomic mass is 10.0. The van der Waals surface area contributed by atoms with E-state index in [1.807, 2.05) is 26.0 Å². The fraction of sp³-hybridized carbons (Fsp3) is 0.192. The van der Waals surface area contributed by atoms with Gasteiger partial charge in [-0.3, -0.25) is 9.78 Å². The molecule has 0 saturated heterocycles. The number of hydrogen-bond acceptors (Lipinski definition) is 6. The maximum Gasteiger partial charge on any atom is 0.339 e. The van der Waals surface area contributed by atoms with Gasteiger partial charge in [0, 0.05) is 36.6 Å². The molecule has 2 aromatic carbocycles. The second-order valence-electron chi connectivity index (χ2n) is 8.27. The molecule has 0 fully saturated rings. The van der Waals surface area contributed by atoms with Crippen molar-refractivity contribution in [1.82, 2.24) is 14.3 Å². The summed E-state index contributed by atoms with van der Waals surface area (Å²) in [7, 11) is -3.02. The fourth-order valence-electron chi connectivity index (χ4n) is 3.86. The molecule has 0 unspecified atom stereocenters. The highest BCUT2D eigenvalue weighted by Crippen LogP contribution is 2.25. The van der Waals surface area contributed by atoms with Crippen LogP contribution >= 0.6 is 0 Å². The minimum absolute atomic E-state index is 0.0456. The number of aromatic nitrogens is 2. The number of nitrogens with zero attached hydrogens (tertiary/aromatic N) is 2. The summed E-state index contributed by atoms with van der Waals surface area (Å²) >= 11 is 0. The molecule has 0 saturated carbocycles. The van der Waals surface area contributed by atoms with Gasteiger partial charge in [-0.05, 0) is 72.3 Å². The van der Waals surface area contributed by atoms with E-state index in [1.165, 1.54) is 29.6 Å². The van der Waals surface area contributed by atoms with Crippen LogP contribution in [0.15, 0.2) is 76.7 Å². The molecule has 0 aliphatic rings. The average molecular weight is 492 g/mol. The molecule has 9 heteroatoms. The van der Waals surface area contributed by atoms with Gasteiger partial charge in [-0.15, -0.1) is 0 Å². The monoisotopic (exact) mass is 491 g/mol. The minimum atomic E-state index is -4.22. The van der Waals surface area contributed by atoms with Gasteiger partial charge >= 0.3 is 5.97 Å². The van der Waals surface area contributed by atoms with Gasteiger partial charge in [0.1, 0.15) is 0 Å². The van der Waals surface area contributed by atoms with Crippen molar-refractivity contribution < 1.29 is 17.9 Å². The first-order chi connectivity index (χ1) is 16.7. The quantitative estimate of drug-likeness (QED) is 0.395. The largest absolute Gasteiger partial charge is 0.465 e. The Morgan fingerprint density at radius 2 is 1.77 bits per heavy atom. The molecular weight excluding hydrogens is 466 g/mol. The van der Waals surface area contributed by atoms with Crippen LogP contribution < -0.4 is 5.56 Å². The third kappa shape index (κ3) is 5.01. The lowest BCUT2D eigenvalue weighted by Gasteiger charge is -2.23. The number of aromatic amines is 1. The Bertz CT molecular complexity index is 1560. The smallest absolute Gasteiger partial charge is 0.339 e. The normalized spacial score (nSPS) is 11.7. The lowest BCUT2D eigenvalue weighted by molar-refractivity contribution is 0.0596. The lowest BCUT2D eigenvalue weighted by Crippen LogP contribution is -2.33. The van der Waals surface area contributed by atoms with E-state index in [4.69, 9.17) is 4.74 Å². The molecule has 4 rings (SSSR count). The number of rotatable bonds is 7. The molecular formula is C26H25N3O5S. The number of esters is 1. The minimum Gasteiger partial charge on any atom is -0.465 e. The van der Waals surface area contributed by atoms with Crippen LogP contribution in [0.5, 0.6) is 0 Å². The van der Waals surface area contributed by atoms with E-state index in [0.29, 0.717) is 11.1 Å². The number of nitrogens with one attached hydrogen (secondary N) is 1. The number of methoxy groups -OCH3 is 1. The summed E-state index contributed by atoms with van der Waals surface area (Å²) in [5.41, 5.74) is 3.24. The average Bonchev–Trinajstić information content (AvgIpc) is 2.85. The Labute approximate surface area is 203 Å². The molecule has 35 heavy (non-hydrogen) atoms. The Balaban J connectivity index is 1.83. The number of ether oxygens (including phenoxy) is 1. The van der Waals surface area contributed by atoms with Gasteiger partial charge < -0.3 is 9.72 Å². The van der Waals surface area contributed by atoms with Crippen LogP contribution in [0.25, 0.3) is 10.9 Å². The summed E-state index contributed by atoms with van der Waals surface area (Å²) in [4.78, 5) is 32.0. The molecule has 0 aliphatic carbocycles. The van der Waals surface area contributed by atoms with Crippen molar-refractivity contribution in [1.29, 1.82) is 0 Å². The standard InChI is InChI=1S/C26H25N3O5S/c1-17-11-20-13-21(25(30)28-23(20)12-18(17)2)16-29(15-19-7-6-10-27-14-19)35(32,33)24-9-5-4-8-22(24)26(31)34-3/h4-14H,15-16H2,1-3H3,(H,28,30). The van der Waals surface area contributed by atoms with Crippen LogP contribution in [0.1, 0.15) is 32.6 Å². The number of pyridine rings is 2. The summed E-state index contributed by atoms with van der Waals surface area (Å²) in [6.45, 7) is 3.69. The van der Waals surface area contributed by atoms with Crippen molar-refractivity contribution in [3.05, 3.63) is 105 Å². The molecule has 2 heterocycles. The van der Waals surface area contributed by atoms with Crippen molar-refractivity contribution in [3.63, 3.8) is 0 Å². The maximum absolute atomic E-state index is 13.8. The van der Waals surface area contributed by atoms with Gasteiger partial charge in [-0.25, -0.2) is 13.2 Å². The SMILES string of the molecule is COC(=O)c1ccccc1S(=O)(=O)N(Cc1cccnc1)Cc1cc2cc(C)c(C)cc2[nH]c1=O. The highest BCUT2D eigenvalue weighted by molar-refractivity contribution is 7.89. The number of benzene rings is 2. The van der Waals surface area contributed by atoms with E-state index in [2.05, 4.69) is 9.97 Å². The van der Waals surface area contributed by atoms with E-state index >= 15 is 0 Å². The summed E-state index contributed by atoms with van der Waals surface area (Å²) in [6, 6.07) is 14.9. The van der Waals surface area contributed by atoms with E-state index in [0.717, 1.165) is 16.5 Å². The molecule has 0 amide bonds. The van der Waals surface area contributed by atoms with Gasteiger partial charge in [0.05, 0.1) is 17.6 Å². The summed E-state index contributed by atoms with van der Waals surface area (Å²) in [5.74, 6) is -0.764. The first kappa shape index (κ1) is 24.3. The van der Waals surface area contributed by atoms with Crippen molar-refractivity contribution in [2.75, 3.05) is 7.11 Å². The highest BCUT2D eigenvalue weighted by atomic mass is 32.2. The molecule has 180 valence electrons. The second-order valence-corrected chi connectivity index (χ2v) is 10.2. The number of carbonyl (C=O) groups excluding carboxylic acids is 1. The molecule has 0 spiro atoms. The van der Waals surface area contributed by atoms with E-state index < -0.39 is 16.0 Å². The zero-order valence-corrected chi connectivity index (χ0v) is 20.4. The van der Waals surface area contributed by atoms with Crippen molar-refractivity contribution in [2.45, 2.75) is 31.8 Å². The topological polar surface area (TPSA) is 109 Å². The molecule has 4 aromatic rings. The summed E-state index contributed by atoms with van der Waals surface area (Å²) in [6.07, 6.45) is 3.15. The predicted octanol–water partition coefficient (Wildman–Crippen LogP) is 3.72. The fourth-order valence-corrected chi connectivity index (χ4v) is 5.45. The maximum atomic E-state index is 13.8. The number of fused-ring (bicyclic) bond motifs is 1. The van der Waals surface area contributed by atoms with Gasteiger partial charge in [0.25, 0.3) is 5.56 Å². The zero-order chi connectivity index (χ0) is 25.2. The molecule has 2 aromatic heterocycles. The Morgan fingerprint density at radius 1 is 1.03 bits per heavy atom.